The quantitative estimate of drug-likeness (QED) is 0.643. The molecule has 4 aliphatic carbocycles. The molecule has 7 rings (SSSR count). The molecule has 0 unspecified atom stereocenters. The fourth-order valence-corrected chi connectivity index (χ4v) is 5.94. The lowest BCUT2D eigenvalue weighted by molar-refractivity contribution is -0.337. The van der Waals surface area contributed by atoms with E-state index in [-0.39, 0.29) is 31.5 Å². The van der Waals surface area contributed by atoms with E-state index in [4.69, 9.17) is 15.5 Å². The lowest BCUT2D eigenvalue weighted by Crippen LogP contribution is -2.70. The molecule has 1 aliphatic heterocycles. The Hall–Kier alpha value is -2.75. The molecule has 10 heteroatoms. The second-order valence-electron chi connectivity index (χ2n) is 10.8. The Morgan fingerprint density at radius 1 is 1.23 bits per heavy atom. The van der Waals surface area contributed by atoms with Crippen LogP contribution in [0.5, 0.6) is 0 Å². The fourth-order valence-electron chi connectivity index (χ4n) is 5.94. The number of rotatable bonds is 5. The molecule has 3 heterocycles. The van der Waals surface area contributed by atoms with Gasteiger partial charge in [0.25, 0.3) is 0 Å². The lowest BCUT2D eigenvalue weighted by Gasteiger charge is -2.70. The van der Waals surface area contributed by atoms with E-state index in [1.807, 2.05) is 26.1 Å². The highest BCUT2D eigenvalue weighted by atomic mass is 19.4. The summed E-state index contributed by atoms with van der Waals surface area (Å²) in [6.45, 7) is 4.97. The van der Waals surface area contributed by atoms with Gasteiger partial charge in [0.1, 0.15) is 17.4 Å². The zero-order valence-electron chi connectivity index (χ0n) is 19.8. The van der Waals surface area contributed by atoms with Gasteiger partial charge >= 0.3 is 6.18 Å². The third kappa shape index (κ3) is 3.68. The summed E-state index contributed by atoms with van der Waals surface area (Å²) >= 11 is 0. The smallest absolute Gasteiger partial charge is 0.394 e. The summed E-state index contributed by atoms with van der Waals surface area (Å²) in [6.07, 6.45) is 2.88. The summed E-state index contributed by atoms with van der Waals surface area (Å²) in [7, 11) is 0. The van der Waals surface area contributed by atoms with Gasteiger partial charge in [-0.15, -0.1) is 0 Å². The van der Waals surface area contributed by atoms with E-state index >= 15 is 0 Å². The van der Waals surface area contributed by atoms with Gasteiger partial charge in [-0.25, -0.2) is 9.97 Å². The molecule has 2 N–H and O–H groups in total. The van der Waals surface area contributed by atoms with Crippen LogP contribution in [-0.2, 0) is 10.2 Å². The van der Waals surface area contributed by atoms with Gasteiger partial charge in [0, 0.05) is 42.2 Å². The zero-order valence-corrected chi connectivity index (χ0v) is 19.8. The van der Waals surface area contributed by atoms with Gasteiger partial charge in [-0.2, -0.15) is 13.2 Å². The van der Waals surface area contributed by atoms with E-state index in [9.17, 15) is 13.2 Å². The van der Waals surface area contributed by atoms with E-state index < -0.39 is 17.0 Å². The number of aromatic nitrogens is 3. The summed E-state index contributed by atoms with van der Waals surface area (Å²) in [6, 6.07) is 2.27. The number of halogens is 3. The van der Waals surface area contributed by atoms with Crippen LogP contribution in [0, 0.1) is 12.3 Å². The van der Waals surface area contributed by atoms with Gasteiger partial charge in [-0.05, 0) is 46.0 Å². The van der Waals surface area contributed by atoms with Crippen molar-refractivity contribution in [3.8, 4) is 0 Å². The van der Waals surface area contributed by atoms with Crippen molar-refractivity contribution in [2.24, 2.45) is 16.1 Å². The van der Waals surface area contributed by atoms with Gasteiger partial charge in [0.05, 0.1) is 41.0 Å². The highest BCUT2D eigenvalue weighted by Gasteiger charge is 2.79. The molecule has 2 bridgehead atoms. The Kier molecular flexibility index (Phi) is 4.94. The Bertz CT molecular complexity index is 1220. The van der Waals surface area contributed by atoms with Crippen LogP contribution in [0.1, 0.15) is 50.4 Å². The highest BCUT2D eigenvalue weighted by Crippen LogP contribution is 2.78. The molecule has 5 aliphatic rings. The standard InChI is InChI=1S/C25H29F3N6O/c1-14-7-31-21-18(32-14)5-20(33-22(21)23-11-24(12-23,13-23)25(26,27)28)34-9-15(2)35-19(10-34)16(6-29)8-30-17-3-4-17/h5-8,15,17,19H,3-4,9-13,29H2,1-2H3/b16-6+,30-8?/t15-,19-,23?,24?/m1/s1. The third-order valence-corrected chi connectivity index (χ3v) is 7.90. The van der Waals surface area contributed by atoms with Crippen LogP contribution in [0.2, 0.25) is 0 Å². The number of pyridine rings is 1. The van der Waals surface area contributed by atoms with Crippen molar-refractivity contribution in [2.75, 3.05) is 18.0 Å². The van der Waals surface area contributed by atoms with Crippen molar-refractivity contribution in [3.05, 3.63) is 35.4 Å². The maximum Gasteiger partial charge on any atom is 0.394 e. The van der Waals surface area contributed by atoms with Crippen LogP contribution in [0.15, 0.2) is 29.0 Å². The monoisotopic (exact) mass is 486 g/mol. The average molecular weight is 487 g/mol. The minimum atomic E-state index is -4.18. The van der Waals surface area contributed by atoms with Crippen molar-refractivity contribution in [1.82, 2.24) is 15.0 Å². The minimum Gasteiger partial charge on any atom is -0.404 e. The molecule has 2 atom stereocenters. The van der Waals surface area contributed by atoms with Crippen molar-refractivity contribution >= 4 is 23.1 Å². The SMILES string of the molecule is Cc1cnc2c(C34CC(C(F)(F)F)(C3)C4)nc(N3C[C@@H](C)O[C@@H](/C(C=NC4CC4)=C/N)C3)cc2n1. The van der Waals surface area contributed by atoms with Crippen molar-refractivity contribution in [2.45, 2.75) is 75.8 Å². The summed E-state index contributed by atoms with van der Waals surface area (Å²) < 4.78 is 46.9. The number of nitrogens with two attached hydrogens (primary N) is 1. The third-order valence-electron chi connectivity index (χ3n) is 7.90. The number of hydrogen-bond donors (Lipinski definition) is 1. The number of morpholine rings is 1. The number of aliphatic imine (C=N–C) groups is 1. The first-order chi connectivity index (χ1) is 16.6. The molecular weight excluding hydrogens is 457 g/mol. The van der Waals surface area contributed by atoms with Gasteiger partial charge in [0.2, 0.25) is 0 Å². The van der Waals surface area contributed by atoms with Gasteiger partial charge in [0.15, 0.2) is 0 Å². The summed E-state index contributed by atoms with van der Waals surface area (Å²) in [5.41, 5.74) is 7.25. The van der Waals surface area contributed by atoms with Crippen LogP contribution in [-0.4, -0.2) is 58.7 Å². The molecule has 186 valence electrons. The van der Waals surface area contributed by atoms with E-state index in [0.29, 0.717) is 41.7 Å². The van der Waals surface area contributed by atoms with Gasteiger partial charge in [-0.3, -0.25) is 9.98 Å². The number of hydrogen-bond acceptors (Lipinski definition) is 7. The Morgan fingerprint density at radius 2 is 1.97 bits per heavy atom. The number of nitrogens with zero attached hydrogens (tertiary/aromatic N) is 5. The zero-order chi connectivity index (χ0) is 24.6. The van der Waals surface area contributed by atoms with Crippen molar-refractivity contribution < 1.29 is 17.9 Å². The van der Waals surface area contributed by atoms with Crippen molar-refractivity contribution in [3.63, 3.8) is 0 Å². The predicted octanol–water partition coefficient (Wildman–Crippen LogP) is 3.99. The second kappa shape index (κ2) is 7.62. The first-order valence-corrected chi connectivity index (χ1v) is 12.2. The van der Waals surface area contributed by atoms with Crippen LogP contribution in [0.4, 0.5) is 19.0 Å². The topological polar surface area (TPSA) is 89.5 Å². The number of alkyl halides is 3. The van der Waals surface area contributed by atoms with Crippen LogP contribution < -0.4 is 10.6 Å². The molecule has 0 radical (unpaired) electrons. The molecule has 0 aromatic carbocycles. The van der Waals surface area contributed by atoms with E-state index in [0.717, 1.165) is 24.1 Å². The lowest BCUT2D eigenvalue weighted by atomic mass is 9.34. The molecule has 4 saturated carbocycles. The molecule has 2 aromatic heterocycles. The van der Waals surface area contributed by atoms with E-state index in [2.05, 4.69) is 19.9 Å². The fraction of sp³-hybridized carbons (Fsp3) is 0.600. The molecule has 1 saturated heterocycles. The molecule has 2 aromatic rings. The van der Waals surface area contributed by atoms with Crippen LogP contribution >= 0.6 is 0 Å². The van der Waals surface area contributed by atoms with Crippen molar-refractivity contribution in [1.29, 1.82) is 0 Å². The molecule has 0 spiro atoms. The summed E-state index contributed by atoms with van der Waals surface area (Å²) in [5.74, 6) is 0.689. The average Bonchev–Trinajstić information content (AvgIpc) is 3.55. The number of fused-ring (bicyclic) bond motifs is 1. The number of ether oxygens (including phenoxy) is 1. The Balaban J connectivity index is 1.34. The van der Waals surface area contributed by atoms with Gasteiger partial charge in [-0.1, -0.05) is 0 Å². The minimum absolute atomic E-state index is 0.0738. The molecule has 7 nitrogen and oxygen atoms in total. The largest absolute Gasteiger partial charge is 0.404 e. The Labute approximate surface area is 201 Å². The maximum atomic E-state index is 13.6. The molecular formula is C25H29F3N6O. The van der Waals surface area contributed by atoms with E-state index in [1.54, 1.807) is 12.4 Å². The highest BCUT2D eigenvalue weighted by molar-refractivity contribution is 5.82. The van der Waals surface area contributed by atoms with Crippen LogP contribution in [0.3, 0.4) is 0 Å². The first kappa shape index (κ1) is 22.7. The molecule has 5 fully saturated rings. The van der Waals surface area contributed by atoms with E-state index in [1.165, 1.54) is 0 Å². The van der Waals surface area contributed by atoms with Gasteiger partial charge < -0.3 is 15.4 Å². The maximum absolute atomic E-state index is 13.6. The predicted molar refractivity (Wildman–Crippen MR) is 126 cm³/mol. The number of aryl methyl sites for hydroxylation is 1. The summed E-state index contributed by atoms with van der Waals surface area (Å²) in [4.78, 5) is 20.8. The molecule has 35 heavy (non-hydrogen) atoms. The summed E-state index contributed by atoms with van der Waals surface area (Å²) in [5, 5.41) is 0. The number of anilines is 1. The molecule has 0 amide bonds. The second-order valence-corrected chi connectivity index (χ2v) is 10.8. The first-order valence-electron chi connectivity index (χ1n) is 12.2. The van der Waals surface area contributed by atoms with Crippen LogP contribution in [0.25, 0.3) is 11.0 Å². The Morgan fingerprint density at radius 3 is 2.63 bits per heavy atom. The normalized spacial score (nSPS) is 33.2.